The van der Waals surface area contributed by atoms with E-state index in [4.69, 9.17) is 9.97 Å². The quantitative estimate of drug-likeness (QED) is 0.713. The van der Waals surface area contributed by atoms with Gasteiger partial charge in [-0.15, -0.1) is 0 Å². The molecule has 1 saturated carbocycles. The van der Waals surface area contributed by atoms with E-state index < -0.39 is 0 Å². The number of nitrogens with one attached hydrogen (secondary N) is 1. The molecule has 2 fully saturated rings. The van der Waals surface area contributed by atoms with Crippen LogP contribution < -0.4 is 10.2 Å². The molecular weight excluding hydrogens is 366 g/mol. The first-order valence-corrected chi connectivity index (χ1v) is 10.9. The van der Waals surface area contributed by atoms with Crippen molar-refractivity contribution in [1.29, 1.82) is 0 Å². The predicted molar refractivity (Wildman–Crippen MR) is 112 cm³/mol. The fourth-order valence-electron chi connectivity index (χ4n) is 4.07. The lowest BCUT2D eigenvalue weighted by Gasteiger charge is -2.35. The maximum absolute atomic E-state index is 12.2. The van der Waals surface area contributed by atoms with Gasteiger partial charge in [-0.2, -0.15) is 0 Å². The highest BCUT2D eigenvalue weighted by Gasteiger charge is 2.28. The van der Waals surface area contributed by atoms with Crippen molar-refractivity contribution in [3.8, 4) is 0 Å². The third-order valence-corrected chi connectivity index (χ3v) is 6.04. The third-order valence-electron chi connectivity index (χ3n) is 6.04. The van der Waals surface area contributed by atoms with Crippen LogP contribution in [0.3, 0.4) is 0 Å². The molecule has 0 bridgehead atoms. The number of carbonyl (C=O) groups excluding carboxylic acids is 2. The van der Waals surface area contributed by atoms with Crippen LogP contribution in [-0.4, -0.2) is 59.4 Å². The van der Waals surface area contributed by atoms with Gasteiger partial charge in [-0.3, -0.25) is 9.59 Å². The Morgan fingerprint density at radius 2 is 1.93 bits per heavy atom. The normalized spacial score (nSPS) is 21.5. The minimum absolute atomic E-state index is 0.124. The Morgan fingerprint density at radius 1 is 1.14 bits per heavy atom. The molecule has 29 heavy (non-hydrogen) atoms. The van der Waals surface area contributed by atoms with Crippen molar-refractivity contribution in [2.24, 2.45) is 5.92 Å². The number of nitrogens with zero attached hydrogens (tertiary/aromatic N) is 4. The van der Waals surface area contributed by atoms with Crippen molar-refractivity contribution in [2.45, 2.75) is 51.4 Å². The fraction of sp³-hybridized carbons (Fsp3) is 0.636. The van der Waals surface area contributed by atoms with Gasteiger partial charge in [-0.25, -0.2) is 9.97 Å². The molecule has 7 heteroatoms. The van der Waals surface area contributed by atoms with E-state index >= 15 is 0 Å². The van der Waals surface area contributed by atoms with Crippen molar-refractivity contribution >= 4 is 17.6 Å². The molecule has 3 aliphatic rings. The summed E-state index contributed by atoms with van der Waals surface area (Å²) in [5.41, 5.74) is 0.993. The Morgan fingerprint density at radius 3 is 2.59 bits per heavy atom. The molecule has 2 aliphatic carbocycles. The Bertz CT molecular complexity index is 781. The van der Waals surface area contributed by atoms with Gasteiger partial charge >= 0.3 is 0 Å². The number of hydrogen-bond donors (Lipinski definition) is 1. The number of allylic oxidation sites excluding steroid dienone is 2. The molecule has 1 saturated heterocycles. The number of piperazine rings is 1. The highest BCUT2D eigenvalue weighted by Crippen LogP contribution is 2.38. The maximum atomic E-state index is 12.2. The lowest BCUT2D eigenvalue weighted by atomic mass is 10.1. The zero-order chi connectivity index (χ0) is 20.2. The van der Waals surface area contributed by atoms with Crippen LogP contribution >= 0.6 is 0 Å². The highest BCUT2D eigenvalue weighted by molar-refractivity contribution is 5.76. The zero-order valence-electron chi connectivity index (χ0n) is 17.3. The van der Waals surface area contributed by atoms with E-state index in [2.05, 4.69) is 28.4 Å². The number of anilines is 1. The van der Waals surface area contributed by atoms with Crippen LogP contribution in [0.25, 0.3) is 0 Å². The summed E-state index contributed by atoms with van der Waals surface area (Å²) in [4.78, 5) is 37.5. The first-order chi connectivity index (χ1) is 14.1. The van der Waals surface area contributed by atoms with Gasteiger partial charge in [0.2, 0.25) is 11.8 Å². The van der Waals surface area contributed by atoms with Crippen LogP contribution in [0.4, 0.5) is 5.82 Å². The number of carbonyl (C=O) groups is 2. The van der Waals surface area contributed by atoms with Gasteiger partial charge in [0, 0.05) is 70.2 Å². The van der Waals surface area contributed by atoms with Crippen LogP contribution in [0.5, 0.6) is 0 Å². The number of hydrogen-bond acceptors (Lipinski definition) is 5. The van der Waals surface area contributed by atoms with Gasteiger partial charge in [0.05, 0.1) is 0 Å². The molecule has 156 valence electrons. The minimum atomic E-state index is 0.124. The Labute approximate surface area is 172 Å². The first kappa shape index (κ1) is 19.9. The molecule has 0 aromatic carbocycles. The molecule has 1 aromatic rings. The molecule has 1 aliphatic heterocycles. The van der Waals surface area contributed by atoms with Gasteiger partial charge in [-0.05, 0) is 31.6 Å². The Hall–Kier alpha value is -2.44. The monoisotopic (exact) mass is 397 g/mol. The number of rotatable bonds is 7. The summed E-state index contributed by atoms with van der Waals surface area (Å²) in [6.07, 6.45) is 10.1. The van der Waals surface area contributed by atoms with E-state index in [0.29, 0.717) is 24.8 Å². The summed E-state index contributed by atoms with van der Waals surface area (Å²) in [5, 5.41) is 3.05. The van der Waals surface area contributed by atoms with Gasteiger partial charge in [0.25, 0.3) is 0 Å². The molecule has 0 spiro atoms. The van der Waals surface area contributed by atoms with Gasteiger partial charge in [-0.1, -0.05) is 12.2 Å². The molecule has 0 unspecified atom stereocenters. The molecule has 1 atom stereocenters. The van der Waals surface area contributed by atoms with Crippen LogP contribution in [-0.2, 0) is 16.0 Å². The largest absolute Gasteiger partial charge is 0.356 e. The van der Waals surface area contributed by atoms with Crippen molar-refractivity contribution in [3.63, 3.8) is 0 Å². The zero-order valence-corrected chi connectivity index (χ0v) is 17.3. The van der Waals surface area contributed by atoms with Crippen molar-refractivity contribution in [1.82, 2.24) is 20.2 Å². The van der Waals surface area contributed by atoms with Crippen molar-refractivity contribution < 1.29 is 9.59 Å². The maximum Gasteiger partial charge on any atom is 0.220 e. The lowest BCUT2D eigenvalue weighted by molar-refractivity contribution is -0.129. The van der Waals surface area contributed by atoms with Crippen molar-refractivity contribution in [2.75, 3.05) is 37.6 Å². The van der Waals surface area contributed by atoms with Gasteiger partial charge < -0.3 is 15.1 Å². The van der Waals surface area contributed by atoms with E-state index in [9.17, 15) is 9.59 Å². The molecule has 1 N–H and O–H groups in total. The Kier molecular flexibility index (Phi) is 6.11. The highest BCUT2D eigenvalue weighted by atomic mass is 16.2. The molecule has 2 amide bonds. The molecule has 7 nitrogen and oxygen atoms in total. The fourth-order valence-corrected chi connectivity index (χ4v) is 4.07. The summed E-state index contributed by atoms with van der Waals surface area (Å²) in [7, 11) is 0. The standard InChI is InChI=1S/C22H31N5O2/c1-16(28)26-10-12-27(13-11-26)20-15-19(24-22(25-20)18-6-7-18)8-9-23-21(29)14-17-4-2-3-5-17/h2,4,15,17-18H,3,5-14H2,1H3,(H,23,29)/t17-/m1/s1. The summed E-state index contributed by atoms with van der Waals surface area (Å²) < 4.78 is 0. The van der Waals surface area contributed by atoms with Crippen LogP contribution in [0.2, 0.25) is 0 Å². The van der Waals surface area contributed by atoms with Gasteiger partial charge in [0.1, 0.15) is 11.6 Å². The second-order valence-corrected chi connectivity index (χ2v) is 8.41. The summed E-state index contributed by atoms with van der Waals surface area (Å²) >= 11 is 0. The predicted octanol–water partition coefficient (Wildman–Crippen LogP) is 2.04. The average Bonchev–Trinajstić information content (AvgIpc) is 3.45. The van der Waals surface area contributed by atoms with E-state index in [1.165, 1.54) is 0 Å². The molecule has 1 aromatic heterocycles. The second kappa shape index (κ2) is 8.93. The summed E-state index contributed by atoms with van der Waals surface area (Å²) in [5.74, 6) is 3.04. The van der Waals surface area contributed by atoms with Crippen LogP contribution in [0.1, 0.15) is 56.5 Å². The lowest BCUT2D eigenvalue weighted by Crippen LogP contribution is -2.48. The second-order valence-electron chi connectivity index (χ2n) is 8.41. The molecule has 0 radical (unpaired) electrons. The summed E-state index contributed by atoms with van der Waals surface area (Å²) in [6.45, 7) is 5.30. The topological polar surface area (TPSA) is 78.4 Å². The molecule has 2 heterocycles. The van der Waals surface area contributed by atoms with E-state index in [1.54, 1.807) is 6.92 Å². The van der Waals surface area contributed by atoms with Crippen LogP contribution in [0, 0.1) is 5.92 Å². The molecule has 4 rings (SSSR count). The average molecular weight is 398 g/mol. The first-order valence-electron chi connectivity index (χ1n) is 10.9. The van der Waals surface area contributed by atoms with Crippen molar-refractivity contribution in [3.05, 3.63) is 29.7 Å². The van der Waals surface area contributed by atoms with Crippen LogP contribution in [0.15, 0.2) is 18.2 Å². The van der Waals surface area contributed by atoms with E-state index in [-0.39, 0.29) is 11.8 Å². The minimum Gasteiger partial charge on any atom is -0.356 e. The number of aromatic nitrogens is 2. The number of amides is 2. The molecular formula is C22H31N5O2. The SMILES string of the molecule is CC(=O)N1CCN(c2cc(CCNC(=O)C[C@@H]3C=CCC3)nc(C3CC3)n2)CC1. The smallest absolute Gasteiger partial charge is 0.220 e. The van der Waals surface area contributed by atoms with Gasteiger partial charge in [0.15, 0.2) is 0 Å². The van der Waals surface area contributed by atoms with E-state index in [0.717, 1.165) is 75.6 Å². The summed E-state index contributed by atoms with van der Waals surface area (Å²) in [6, 6.07) is 2.06. The third kappa shape index (κ3) is 5.34. The Balaban J connectivity index is 1.35. The van der Waals surface area contributed by atoms with E-state index in [1.807, 2.05) is 4.90 Å².